The molecule has 2 N–H and O–H groups in total. The lowest BCUT2D eigenvalue weighted by molar-refractivity contribution is -0.385. The van der Waals surface area contributed by atoms with Crippen molar-refractivity contribution in [2.75, 3.05) is 13.2 Å². The number of carbonyl (C=O) groups is 1. The summed E-state index contributed by atoms with van der Waals surface area (Å²) in [7, 11) is 0. The Morgan fingerprint density at radius 1 is 1.53 bits per heavy atom. The van der Waals surface area contributed by atoms with Gasteiger partial charge in [-0.05, 0) is 18.9 Å². The lowest BCUT2D eigenvalue weighted by atomic mass is 10.1. The third-order valence-electron chi connectivity index (χ3n) is 3.32. The van der Waals surface area contributed by atoms with Gasteiger partial charge >= 0.3 is 0 Å². The molecule has 0 unspecified atom stereocenters. The van der Waals surface area contributed by atoms with Crippen molar-refractivity contribution in [1.29, 1.82) is 0 Å². The molecule has 1 aromatic carbocycles. The molecule has 0 aromatic heterocycles. The number of hydrogen-bond donors (Lipinski definition) is 2. The Morgan fingerprint density at radius 2 is 2.21 bits per heavy atom. The monoisotopic (exact) mass is 268 g/mol. The SMILES string of the molecule is O=C(NCC1(CO)CC1)c1ccc([N+](=O)[O-])cc1F. The molecular formula is C12H13FN2O4. The van der Waals surface area contributed by atoms with E-state index in [1.165, 1.54) is 0 Å². The first-order chi connectivity index (χ1) is 8.97. The van der Waals surface area contributed by atoms with Crippen molar-refractivity contribution in [1.82, 2.24) is 5.32 Å². The molecule has 1 saturated carbocycles. The predicted molar refractivity (Wildman–Crippen MR) is 64.1 cm³/mol. The number of halogens is 1. The van der Waals surface area contributed by atoms with Crippen LogP contribution in [0.5, 0.6) is 0 Å². The fourth-order valence-electron chi connectivity index (χ4n) is 1.73. The van der Waals surface area contributed by atoms with Gasteiger partial charge in [-0.1, -0.05) is 0 Å². The van der Waals surface area contributed by atoms with Crippen LogP contribution >= 0.6 is 0 Å². The van der Waals surface area contributed by atoms with Crippen molar-refractivity contribution < 1.29 is 19.2 Å². The minimum atomic E-state index is -0.930. The number of non-ortho nitro benzene ring substituents is 1. The lowest BCUT2D eigenvalue weighted by Gasteiger charge is -2.12. The fourth-order valence-corrected chi connectivity index (χ4v) is 1.73. The summed E-state index contributed by atoms with van der Waals surface area (Å²) in [5.74, 6) is -1.56. The molecule has 0 spiro atoms. The average Bonchev–Trinajstić information content (AvgIpc) is 3.16. The quantitative estimate of drug-likeness (QED) is 0.620. The first-order valence-electron chi connectivity index (χ1n) is 5.80. The number of hydrogen-bond acceptors (Lipinski definition) is 4. The maximum absolute atomic E-state index is 13.6. The highest BCUT2D eigenvalue weighted by molar-refractivity contribution is 5.94. The van der Waals surface area contributed by atoms with Crippen LogP contribution in [0.25, 0.3) is 0 Å². The molecular weight excluding hydrogens is 255 g/mol. The first kappa shape index (κ1) is 13.4. The number of amides is 1. The van der Waals surface area contributed by atoms with E-state index in [4.69, 9.17) is 5.11 Å². The number of aliphatic hydroxyl groups excluding tert-OH is 1. The van der Waals surface area contributed by atoms with E-state index >= 15 is 0 Å². The van der Waals surface area contributed by atoms with Crippen molar-refractivity contribution in [3.63, 3.8) is 0 Å². The summed E-state index contributed by atoms with van der Waals surface area (Å²) >= 11 is 0. The molecule has 1 aromatic rings. The molecule has 0 radical (unpaired) electrons. The molecule has 1 aliphatic rings. The molecule has 0 aliphatic heterocycles. The Balaban J connectivity index is 2.05. The molecule has 0 atom stereocenters. The van der Waals surface area contributed by atoms with Crippen LogP contribution in [0.15, 0.2) is 18.2 Å². The van der Waals surface area contributed by atoms with Gasteiger partial charge in [0.2, 0.25) is 0 Å². The van der Waals surface area contributed by atoms with Crippen molar-refractivity contribution in [3.05, 3.63) is 39.7 Å². The number of aliphatic hydroxyl groups is 1. The van der Waals surface area contributed by atoms with E-state index in [1.54, 1.807) is 0 Å². The molecule has 6 nitrogen and oxygen atoms in total. The van der Waals surface area contributed by atoms with Gasteiger partial charge in [-0.2, -0.15) is 0 Å². The van der Waals surface area contributed by atoms with E-state index < -0.39 is 22.3 Å². The highest BCUT2D eigenvalue weighted by Gasteiger charge is 2.42. The topological polar surface area (TPSA) is 92.5 Å². The highest BCUT2D eigenvalue weighted by Crippen LogP contribution is 2.44. The molecule has 0 bridgehead atoms. The molecule has 102 valence electrons. The summed E-state index contributed by atoms with van der Waals surface area (Å²) in [5, 5.41) is 22.1. The van der Waals surface area contributed by atoms with Gasteiger partial charge in [-0.15, -0.1) is 0 Å². The van der Waals surface area contributed by atoms with Crippen LogP contribution < -0.4 is 5.32 Å². The van der Waals surface area contributed by atoms with Gasteiger partial charge in [0.1, 0.15) is 5.82 Å². The standard InChI is InChI=1S/C12H13FN2O4/c13-10-5-8(15(18)19)1-2-9(10)11(17)14-6-12(7-16)3-4-12/h1-2,5,16H,3-4,6-7H2,(H,14,17). The van der Waals surface area contributed by atoms with Gasteiger partial charge in [-0.25, -0.2) is 4.39 Å². The van der Waals surface area contributed by atoms with Gasteiger partial charge in [0.15, 0.2) is 0 Å². The number of benzene rings is 1. The van der Waals surface area contributed by atoms with Gasteiger partial charge < -0.3 is 10.4 Å². The van der Waals surface area contributed by atoms with Crippen LogP contribution in [-0.4, -0.2) is 29.1 Å². The molecule has 0 heterocycles. The zero-order chi connectivity index (χ0) is 14.0. The summed E-state index contributed by atoms with van der Waals surface area (Å²) in [4.78, 5) is 21.5. The van der Waals surface area contributed by atoms with E-state index in [0.29, 0.717) is 6.07 Å². The van der Waals surface area contributed by atoms with Gasteiger partial charge in [0.05, 0.1) is 23.2 Å². The Morgan fingerprint density at radius 3 is 2.68 bits per heavy atom. The van der Waals surface area contributed by atoms with Crippen LogP contribution in [-0.2, 0) is 0 Å². The van der Waals surface area contributed by atoms with Gasteiger partial charge in [0.25, 0.3) is 11.6 Å². The van der Waals surface area contributed by atoms with Crippen LogP contribution in [0, 0.1) is 21.3 Å². The third kappa shape index (κ3) is 2.87. The zero-order valence-electron chi connectivity index (χ0n) is 10.1. The normalized spacial score (nSPS) is 15.9. The van der Waals surface area contributed by atoms with E-state index in [1.807, 2.05) is 0 Å². The van der Waals surface area contributed by atoms with E-state index in [2.05, 4.69) is 5.32 Å². The Bertz CT molecular complexity index is 528. The maximum Gasteiger partial charge on any atom is 0.272 e. The second kappa shape index (κ2) is 4.93. The average molecular weight is 268 g/mol. The molecule has 0 saturated heterocycles. The van der Waals surface area contributed by atoms with Gasteiger partial charge in [0, 0.05) is 18.0 Å². The minimum Gasteiger partial charge on any atom is -0.396 e. The van der Waals surface area contributed by atoms with E-state index in [-0.39, 0.29) is 24.1 Å². The Labute approximate surface area is 108 Å². The molecule has 1 aliphatic carbocycles. The van der Waals surface area contributed by atoms with E-state index in [0.717, 1.165) is 25.0 Å². The summed E-state index contributed by atoms with van der Waals surface area (Å²) < 4.78 is 13.6. The highest BCUT2D eigenvalue weighted by atomic mass is 19.1. The summed E-state index contributed by atoms with van der Waals surface area (Å²) in [6.45, 7) is 0.259. The zero-order valence-corrected chi connectivity index (χ0v) is 10.1. The van der Waals surface area contributed by atoms with Crippen LogP contribution in [0.1, 0.15) is 23.2 Å². The summed E-state index contributed by atoms with van der Waals surface area (Å²) in [5.41, 5.74) is -0.908. The molecule has 2 rings (SSSR count). The Kier molecular flexibility index (Phi) is 3.48. The van der Waals surface area contributed by atoms with Crippen molar-refractivity contribution in [3.8, 4) is 0 Å². The molecule has 7 heteroatoms. The summed E-state index contributed by atoms with van der Waals surface area (Å²) in [6.07, 6.45) is 1.65. The predicted octanol–water partition coefficient (Wildman–Crippen LogP) is 1.24. The number of nitro groups is 1. The van der Waals surface area contributed by atoms with Crippen molar-refractivity contribution in [2.24, 2.45) is 5.41 Å². The number of rotatable bonds is 5. The van der Waals surface area contributed by atoms with Crippen LogP contribution in [0.4, 0.5) is 10.1 Å². The smallest absolute Gasteiger partial charge is 0.272 e. The van der Waals surface area contributed by atoms with Gasteiger partial charge in [-0.3, -0.25) is 14.9 Å². The second-order valence-corrected chi connectivity index (χ2v) is 4.76. The molecule has 1 amide bonds. The van der Waals surface area contributed by atoms with Crippen molar-refractivity contribution >= 4 is 11.6 Å². The minimum absolute atomic E-state index is 0.0178. The Hall–Kier alpha value is -2.02. The largest absolute Gasteiger partial charge is 0.396 e. The number of nitrogens with one attached hydrogen (secondary N) is 1. The number of nitrogens with zero attached hydrogens (tertiary/aromatic N) is 1. The molecule has 1 fully saturated rings. The van der Waals surface area contributed by atoms with Crippen LogP contribution in [0.3, 0.4) is 0 Å². The third-order valence-corrected chi connectivity index (χ3v) is 3.32. The number of carbonyl (C=O) groups excluding carboxylic acids is 1. The first-order valence-corrected chi connectivity index (χ1v) is 5.80. The second-order valence-electron chi connectivity index (χ2n) is 4.76. The van der Waals surface area contributed by atoms with Crippen LogP contribution in [0.2, 0.25) is 0 Å². The maximum atomic E-state index is 13.6. The van der Waals surface area contributed by atoms with E-state index in [9.17, 15) is 19.3 Å². The van der Waals surface area contributed by atoms with Crippen molar-refractivity contribution in [2.45, 2.75) is 12.8 Å². The molecule has 19 heavy (non-hydrogen) atoms. The number of nitro benzene ring substituents is 1. The lowest BCUT2D eigenvalue weighted by Crippen LogP contribution is -2.32. The summed E-state index contributed by atoms with van der Waals surface area (Å²) in [6, 6.07) is 2.88. The fraction of sp³-hybridized carbons (Fsp3) is 0.417.